The average Bonchev–Trinajstić information content (AvgIpc) is 3.17. The average molecular weight is 821 g/mol. The zero-order valence-electron chi connectivity index (χ0n) is 39.0. The van der Waals surface area contributed by atoms with E-state index in [4.69, 9.17) is 18.9 Å². The van der Waals surface area contributed by atoms with E-state index in [9.17, 15) is 0 Å². The molecule has 328 valence electrons. The molecule has 0 aliphatic carbocycles. The predicted molar refractivity (Wildman–Crippen MR) is 249 cm³/mol. The van der Waals surface area contributed by atoms with E-state index in [1.807, 2.05) is 0 Å². The number of fused-ring (bicyclic) bond motifs is 4. The summed E-state index contributed by atoms with van der Waals surface area (Å²) in [5.74, 6) is 3.55. The van der Waals surface area contributed by atoms with Crippen molar-refractivity contribution in [1.29, 1.82) is 0 Å². The topological polar surface area (TPSA) is 85.0 Å². The minimum absolute atomic E-state index is 0.0305. The molecule has 0 amide bonds. The molecule has 0 spiro atoms. The van der Waals surface area contributed by atoms with Crippen molar-refractivity contribution >= 4 is 0 Å². The highest BCUT2D eigenvalue weighted by Gasteiger charge is 2.20. The molecule has 8 nitrogen and oxygen atoms in total. The van der Waals surface area contributed by atoms with E-state index in [1.54, 1.807) is 0 Å². The Morgan fingerprint density at radius 1 is 0.317 bits per heavy atom. The normalized spacial score (nSPS) is 16.5. The Morgan fingerprint density at radius 3 is 0.700 bits per heavy atom. The lowest BCUT2D eigenvalue weighted by Crippen LogP contribution is -2.28. The summed E-state index contributed by atoms with van der Waals surface area (Å²) in [6.07, 6.45) is 0. The Labute approximate surface area is 362 Å². The minimum Gasteiger partial charge on any atom is -0.490 e. The van der Waals surface area contributed by atoms with Crippen LogP contribution in [0.2, 0.25) is 0 Å². The van der Waals surface area contributed by atoms with Crippen molar-refractivity contribution < 1.29 is 18.9 Å². The molecule has 4 aromatic rings. The highest BCUT2D eigenvalue weighted by Crippen LogP contribution is 2.32. The Morgan fingerprint density at radius 2 is 0.517 bits per heavy atom. The summed E-state index contributed by atoms with van der Waals surface area (Å²) >= 11 is 0. The Bertz CT molecular complexity index is 1690. The molecular weight excluding hydrogens is 745 g/mol. The summed E-state index contributed by atoms with van der Waals surface area (Å²) in [5.41, 5.74) is 9.86. The van der Waals surface area contributed by atoms with E-state index in [1.165, 1.54) is 22.3 Å². The zero-order valence-corrected chi connectivity index (χ0v) is 39.0. The summed E-state index contributed by atoms with van der Waals surface area (Å²) < 4.78 is 25.7. The van der Waals surface area contributed by atoms with E-state index < -0.39 is 0 Å². The van der Waals surface area contributed by atoms with Gasteiger partial charge in [-0.1, -0.05) is 132 Å². The van der Waals surface area contributed by atoms with Gasteiger partial charge in [-0.25, -0.2) is 0 Å². The van der Waals surface area contributed by atoms with Crippen molar-refractivity contribution in [1.82, 2.24) is 21.3 Å². The molecule has 8 heteroatoms. The van der Waals surface area contributed by atoms with Crippen LogP contribution in [0.15, 0.2) is 72.8 Å². The van der Waals surface area contributed by atoms with Gasteiger partial charge in [0.1, 0.15) is 49.4 Å². The van der Waals surface area contributed by atoms with Gasteiger partial charge in [0.05, 0.1) is 0 Å². The second-order valence-corrected chi connectivity index (χ2v) is 20.4. The lowest BCUT2D eigenvalue weighted by Gasteiger charge is -2.23. The van der Waals surface area contributed by atoms with Gasteiger partial charge in [-0.3, -0.25) is 0 Å². The standard InChI is InChI=1S/C52H76N4O4/c1-49(2,3)41-13-17-45-37(29-41)33-53-21-22-54-34-38-30-43(51(7,8)9)15-19-47(38)59-27-28-60-48-20-16-44(52(10,11)12)32-40(48)36-56-24-23-55-35-39-31-42(50(4,5)6)14-18-46(39)58-26-25-57-45/h13-20,29-32,53-56H,21-28,33-36H2,1-12H3. The summed E-state index contributed by atoms with van der Waals surface area (Å²) in [5, 5.41) is 14.7. The van der Waals surface area contributed by atoms with Gasteiger partial charge in [0.25, 0.3) is 0 Å². The van der Waals surface area contributed by atoms with Crippen LogP contribution in [-0.4, -0.2) is 52.6 Å². The van der Waals surface area contributed by atoms with E-state index >= 15 is 0 Å². The maximum Gasteiger partial charge on any atom is 0.123 e. The highest BCUT2D eigenvalue weighted by atomic mass is 16.5. The van der Waals surface area contributed by atoms with Crippen molar-refractivity contribution in [2.45, 2.75) is 131 Å². The molecule has 4 N–H and O–H groups in total. The molecule has 0 fully saturated rings. The smallest absolute Gasteiger partial charge is 0.123 e. The first-order valence-electron chi connectivity index (χ1n) is 22.2. The molecule has 1 aliphatic rings. The van der Waals surface area contributed by atoms with Gasteiger partial charge in [0, 0.05) is 74.6 Å². The number of hydrogen-bond donors (Lipinski definition) is 4. The third-order valence-electron chi connectivity index (χ3n) is 11.1. The fourth-order valence-electron chi connectivity index (χ4n) is 7.15. The first kappa shape index (κ1) is 47.0. The van der Waals surface area contributed by atoms with Gasteiger partial charge >= 0.3 is 0 Å². The molecule has 0 radical (unpaired) electrons. The van der Waals surface area contributed by atoms with Crippen molar-refractivity contribution in [3.05, 3.63) is 117 Å². The van der Waals surface area contributed by atoms with E-state index in [0.29, 0.717) is 52.6 Å². The maximum atomic E-state index is 6.43. The summed E-state index contributed by atoms with van der Waals surface area (Å²) in [6, 6.07) is 26.4. The number of ether oxygens (including phenoxy) is 4. The second kappa shape index (κ2) is 20.7. The first-order chi connectivity index (χ1) is 28.3. The molecule has 1 aliphatic heterocycles. The third kappa shape index (κ3) is 14.0. The van der Waals surface area contributed by atoms with Gasteiger partial charge in [0.2, 0.25) is 0 Å². The van der Waals surface area contributed by atoms with Crippen LogP contribution in [-0.2, 0) is 47.8 Å². The Hall–Kier alpha value is -4.08. The van der Waals surface area contributed by atoms with Crippen molar-refractivity contribution in [2.24, 2.45) is 0 Å². The number of rotatable bonds is 0. The van der Waals surface area contributed by atoms with Crippen LogP contribution >= 0.6 is 0 Å². The van der Waals surface area contributed by atoms with Crippen LogP contribution in [0.4, 0.5) is 0 Å². The summed E-state index contributed by atoms with van der Waals surface area (Å²) in [7, 11) is 0. The molecule has 60 heavy (non-hydrogen) atoms. The highest BCUT2D eigenvalue weighted by molar-refractivity contribution is 5.43. The van der Waals surface area contributed by atoms with Crippen LogP contribution in [0.3, 0.4) is 0 Å². The Kier molecular flexibility index (Phi) is 16.2. The summed E-state index contributed by atoms with van der Waals surface area (Å²) in [4.78, 5) is 0. The van der Waals surface area contributed by atoms with Crippen molar-refractivity contribution in [3.8, 4) is 23.0 Å². The van der Waals surface area contributed by atoms with E-state index in [0.717, 1.165) is 71.4 Å². The molecule has 0 saturated carbocycles. The van der Waals surface area contributed by atoms with Crippen molar-refractivity contribution in [3.63, 3.8) is 0 Å². The fraction of sp³-hybridized carbons (Fsp3) is 0.538. The van der Waals surface area contributed by atoms with Crippen LogP contribution in [0, 0.1) is 0 Å². The molecule has 0 bridgehead atoms. The molecule has 0 atom stereocenters. The van der Waals surface area contributed by atoms with Gasteiger partial charge in [-0.05, 0) is 68.2 Å². The first-order valence-corrected chi connectivity index (χ1v) is 22.2. The third-order valence-corrected chi connectivity index (χ3v) is 11.1. The zero-order chi connectivity index (χ0) is 43.6. The number of hydrogen-bond acceptors (Lipinski definition) is 8. The largest absolute Gasteiger partial charge is 0.490 e. The molecule has 4 aromatic carbocycles. The van der Waals surface area contributed by atoms with Crippen LogP contribution in [0.1, 0.15) is 128 Å². The summed E-state index contributed by atoms with van der Waals surface area (Å²) in [6.45, 7) is 34.8. The van der Waals surface area contributed by atoms with E-state index in [2.05, 4.69) is 177 Å². The van der Waals surface area contributed by atoms with E-state index in [-0.39, 0.29) is 21.7 Å². The van der Waals surface area contributed by atoms with Gasteiger partial charge in [-0.15, -0.1) is 0 Å². The minimum atomic E-state index is 0.0305. The van der Waals surface area contributed by atoms with Crippen LogP contribution < -0.4 is 40.2 Å². The molecule has 5 rings (SSSR count). The molecule has 0 aromatic heterocycles. The quantitative estimate of drug-likeness (QED) is 0.140. The fourth-order valence-corrected chi connectivity index (χ4v) is 7.15. The Balaban J connectivity index is 1.36. The van der Waals surface area contributed by atoms with Gasteiger partial charge < -0.3 is 40.2 Å². The predicted octanol–water partition coefficient (Wildman–Crippen LogP) is 9.86. The van der Waals surface area contributed by atoms with Crippen molar-refractivity contribution in [2.75, 3.05) is 52.6 Å². The lowest BCUT2D eigenvalue weighted by molar-refractivity contribution is 0.214. The SMILES string of the molecule is CC(C)(C)c1ccc2c(c1)CNCCNCc1cc(C(C)(C)C)ccc1OCCOc1ccc(C(C)(C)C)cc1CNCCNCc1cc(C(C)(C)C)ccc1OCCO2. The number of benzene rings is 4. The maximum absolute atomic E-state index is 6.43. The van der Waals surface area contributed by atoms with Crippen LogP contribution in [0.25, 0.3) is 0 Å². The molecule has 1 heterocycles. The molecular formula is C52H76N4O4. The molecule has 0 saturated heterocycles. The van der Waals surface area contributed by atoms with Crippen LogP contribution in [0.5, 0.6) is 23.0 Å². The van der Waals surface area contributed by atoms with Gasteiger partial charge in [0.15, 0.2) is 0 Å². The monoisotopic (exact) mass is 821 g/mol. The van der Waals surface area contributed by atoms with Gasteiger partial charge in [-0.2, -0.15) is 0 Å². The molecule has 0 unspecified atom stereocenters. The number of nitrogens with one attached hydrogen (secondary N) is 4. The lowest BCUT2D eigenvalue weighted by atomic mass is 9.86. The second-order valence-electron chi connectivity index (χ2n) is 20.4.